The van der Waals surface area contributed by atoms with Crippen LogP contribution in [0, 0.1) is 5.41 Å². The van der Waals surface area contributed by atoms with Crippen molar-refractivity contribution in [2.75, 3.05) is 26.2 Å². The van der Waals surface area contributed by atoms with Crippen molar-refractivity contribution in [2.45, 2.75) is 45.6 Å². The molecule has 5 heteroatoms. The smallest absolute Gasteiger partial charge is 0.263 e. The summed E-state index contributed by atoms with van der Waals surface area (Å²) in [7, 11) is 0. The Morgan fingerprint density at radius 1 is 1.20 bits per heavy atom. The van der Waals surface area contributed by atoms with Crippen LogP contribution in [0.15, 0.2) is 30.3 Å². The van der Waals surface area contributed by atoms with Gasteiger partial charge in [0.2, 0.25) is 5.91 Å². The number of benzene rings is 1. The van der Waals surface area contributed by atoms with Gasteiger partial charge in [-0.25, -0.2) is 0 Å². The van der Waals surface area contributed by atoms with Crippen LogP contribution in [0.4, 0.5) is 0 Å². The molecule has 1 spiro atoms. The topological polar surface area (TPSA) is 49.9 Å². The molecule has 2 heterocycles. The SMILES string of the molecule is CCN1CC2(CCC1=O)CCN(C(=O)C(C)Oc1ccccc1)CC2. The van der Waals surface area contributed by atoms with E-state index in [0.717, 1.165) is 51.2 Å². The van der Waals surface area contributed by atoms with Crippen molar-refractivity contribution in [1.82, 2.24) is 9.80 Å². The summed E-state index contributed by atoms with van der Waals surface area (Å²) in [5.74, 6) is 1.05. The first kappa shape index (κ1) is 17.8. The number of hydrogen-bond acceptors (Lipinski definition) is 3. The molecule has 2 saturated heterocycles. The van der Waals surface area contributed by atoms with E-state index in [9.17, 15) is 9.59 Å². The van der Waals surface area contributed by atoms with Crippen LogP contribution in [-0.2, 0) is 9.59 Å². The molecule has 0 saturated carbocycles. The standard InChI is InChI=1S/C20H28N2O3/c1-3-21-15-20(10-9-18(21)23)11-13-22(14-12-20)19(24)16(2)25-17-7-5-4-6-8-17/h4-8,16H,3,9-15H2,1-2H3. The van der Waals surface area contributed by atoms with Crippen LogP contribution >= 0.6 is 0 Å². The molecule has 136 valence electrons. The molecule has 1 unspecified atom stereocenters. The number of para-hydroxylation sites is 1. The Kier molecular flexibility index (Phi) is 5.30. The normalized spacial score (nSPS) is 21.3. The van der Waals surface area contributed by atoms with Crippen LogP contribution < -0.4 is 4.74 Å². The second kappa shape index (κ2) is 7.46. The Morgan fingerprint density at radius 2 is 1.88 bits per heavy atom. The lowest BCUT2D eigenvalue weighted by Crippen LogP contribution is -2.53. The lowest BCUT2D eigenvalue weighted by atomic mass is 9.72. The van der Waals surface area contributed by atoms with Gasteiger partial charge < -0.3 is 14.5 Å². The predicted octanol–water partition coefficient (Wildman–Crippen LogP) is 2.71. The third kappa shape index (κ3) is 3.97. The maximum atomic E-state index is 12.7. The molecule has 5 nitrogen and oxygen atoms in total. The van der Waals surface area contributed by atoms with Gasteiger partial charge in [-0.1, -0.05) is 18.2 Å². The van der Waals surface area contributed by atoms with Gasteiger partial charge in [-0.3, -0.25) is 9.59 Å². The molecule has 0 aliphatic carbocycles. The zero-order valence-corrected chi connectivity index (χ0v) is 15.2. The molecule has 1 aromatic carbocycles. The Labute approximate surface area is 149 Å². The van der Waals surface area contributed by atoms with Gasteiger partial charge in [-0.15, -0.1) is 0 Å². The number of ether oxygens (including phenoxy) is 1. The summed E-state index contributed by atoms with van der Waals surface area (Å²) in [6.45, 7) is 7.00. The van der Waals surface area contributed by atoms with Crippen LogP contribution in [0.25, 0.3) is 0 Å². The van der Waals surface area contributed by atoms with Crippen molar-refractivity contribution in [1.29, 1.82) is 0 Å². The van der Waals surface area contributed by atoms with Crippen molar-refractivity contribution in [3.8, 4) is 5.75 Å². The minimum absolute atomic E-state index is 0.0536. The van der Waals surface area contributed by atoms with Crippen LogP contribution in [-0.4, -0.2) is 53.9 Å². The Hall–Kier alpha value is -2.04. The van der Waals surface area contributed by atoms with E-state index in [0.29, 0.717) is 6.42 Å². The fourth-order valence-corrected chi connectivity index (χ4v) is 4.01. The second-order valence-corrected chi connectivity index (χ2v) is 7.31. The second-order valence-electron chi connectivity index (χ2n) is 7.31. The van der Waals surface area contributed by atoms with Crippen molar-refractivity contribution in [3.63, 3.8) is 0 Å². The predicted molar refractivity (Wildman–Crippen MR) is 96.3 cm³/mol. The lowest BCUT2D eigenvalue weighted by Gasteiger charge is -2.47. The highest BCUT2D eigenvalue weighted by atomic mass is 16.5. The minimum Gasteiger partial charge on any atom is -0.481 e. The summed E-state index contributed by atoms with van der Waals surface area (Å²) in [6, 6.07) is 9.47. The first-order valence-electron chi connectivity index (χ1n) is 9.31. The van der Waals surface area contributed by atoms with E-state index < -0.39 is 6.10 Å². The molecular formula is C20H28N2O3. The van der Waals surface area contributed by atoms with Crippen molar-refractivity contribution < 1.29 is 14.3 Å². The molecule has 25 heavy (non-hydrogen) atoms. The zero-order valence-electron chi connectivity index (χ0n) is 15.2. The third-order valence-corrected chi connectivity index (χ3v) is 5.67. The molecule has 1 atom stereocenters. The quantitative estimate of drug-likeness (QED) is 0.844. The molecule has 0 aromatic heterocycles. The molecule has 2 aliphatic heterocycles. The van der Waals surface area contributed by atoms with E-state index in [4.69, 9.17) is 4.74 Å². The number of carbonyl (C=O) groups is 2. The number of amides is 2. The number of nitrogens with zero attached hydrogens (tertiary/aromatic N) is 2. The van der Waals surface area contributed by atoms with Gasteiger partial charge in [0, 0.05) is 32.6 Å². The van der Waals surface area contributed by atoms with Crippen LogP contribution in [0.1, 0.15) is 39.5 Å². The van der Waals surface area contributed by atoms with E-state index in [1.54, 1.807) is 0 Å². The number of carbonyl (C=O) groups excluding carboxylic acids is 2. The first-order chi connectivity index (χ1) is 12.0. The number of hydrogen-bond donors (Lipinski definition) is 0. The van der Waals surface area contributed by atoms with Crippen LogP contribution in [0.2, 0.25) is 0 Å². The molecule has 2 amide bonds. The monoisotopic (exact) mass is 344 g/mol. The summed E-state index contributed by atoms with van der Waals surface area (Å²) in [5.41, 5.74) is 0.199. The summed E-state index contributed by atoms with van der Waals surface area (Å²) >= 11 is 0. The Bertz CT molecular complexity index is 609. The van der Waals surface area contributed by atoms with Gasteiger partial charge in [-0.05, 0) is 50.7 Å². The third-order valence-electron chi connectivity index (χ3n) is 5.67. The Balaban J connectivity index is 1.55. The van der Waals surface area contributed by atoms with Gasteiger partial charge in [0.05, 0.1) is 0 Å². The van der Waals surface area contributed by atoms with Gasteiger partial charge >= 0.3 is 0 Å². The average molecular weight is 344 g/mol. The molecule has 2 fully saturated rings. The fourth-order valence-electron chi connectivity index (χ4n) is 4.01. The van der Waals surface area contributed by atoms with Gasteiger partial charge in [0.1, 0.15) is 5.75 Å². The fraction of sp³-hybridized carbons (Fsp3) is 0.600. The van der Waals surface area contributed by atoms with E-state index in [-0.39, 0.29) is 17.2 Å². The summed E-state index contributed by atoms with van der Waals surface area (Å²) < 4.78 is 5.77. The van der Waals surface area contributed by atoms with E-state index in [1.165, 1.54) is 0 Å². The summed E-state index contributed by atoms with van der Waals surface area (Å²) in [6.07, 6.45) is 3.08. The van der Waals surface area contributed by atoms with E-state index >= 15 is 0 Å². The van der Waals surface area contributed by atoms with Crippen molar-refractivity contribution >= 4 is 11.8 Å². The average Bonchev–Trinajstić information content (AvgIpc) is 2.65. The lowest BCUT2D eigenvalue weighted by molar-refractivity contribution is -0.145. The van der Waals surface area contributed by atoms with E-state index in [1.807, 2.05) is 54.0 Å². The van der Waals surface area contributed by atoms with E-state index in [2.05, 4.69) is 0 Å². The number of piperidine rings is 2. The maximum Gasteiger partial charge on any atom is 0.263 e. The summed E-state index contributed by atoms with van der Waals surface area (Å²) in [4.78, 5) is 28.5. The van der Waals surface area contributed by atoms with Crippen LogP contribution in [0.5, 0.6) is 5.75 Å². The molecule has 0 radical (unpaired) electrons. The molecule has 2 aliphatic rings. The first-order valence-corrected chi connectivity index (χ1v) is 9.31. The number of rotatable bonds is 4. The van der Waals surface area contributed by atoms with Gasteiger partial charge in [0.15, 0.2) is 6.10 Å². The van der Waals surface area contributed by atoms with Crippen molar-refractivity contribution in [3.05, 3.63) is 30.3 Å². The molecule has 1 aromatic rings. The highest BCUT2D eigenvalue weighted by molar-refractivity contribution is 5.81. The number of likely N-dealkylation sites (tertiary alicyclic amines) is 2. The highest BCUT2D eigenvalue weighted by Crippen LogP contribution is 2.40. The molecule has 0 N–H and O–H groups in total. The van der Waals surface area contributed by atoms with Gasteiger partial charge in [-0.2, -0.15) is 0 Å². The van der Waals surface area contributed by atoms with Gasteiger partial charge in [0.25, 0.3) is 5.91 Å². The molecule has 0 bridgehead atoms. The van der Waals surface area contributed by atoms with Crippen LogP contribution in [0.3, 0.4) is 0 Å². The zero-order chi connectivity index (χ0) is 17.9. The highest BCUT2D eigenvalue weighted by Gasteiger charge is 2.41. The molecule has 3 rings (SSSR count). The Morgan fingerprint density at radius 3 is 2.52 bits per heavy atom. The maximum absolute atomic E-state index is 12.7. The van der Waals surface area contributed by atoms with Crippen molar-refractivity contribution in [2.24, 2.45) is 5.41 Å². The minimum atomic E-state index is -0.475. The molecular weight excluding hydrogens is 316 g/mol. The largest absolute Gasteiger partial charge is 0.481 e. The summed E-state index contributed by atoms with van der Waals surface area (Å²) in [5, 5.41) is 0.